The lowest BCUT2D eigenvalue weighted by atomic mass is 10.00. The van der Waals surface area contributed by atoms with Crippen molar-refractivity contribution in [3.05, 3.63) is 30.1 Å². The molecule has 0 amide bonds. The monoisotopic (exact) mass is 250 g/mol. The summed E-state index contributed by atoms with van der Waals surface area (Å²) in [6.07, 6.45) is 5.13. The van der Waals surface area contributed by atoms with Crippen LogP contribution in [0.3, 0.4) is 0 Å². The second kappa shape index (κ2) is 6.19. The van der Waals surface area contributed by atoms with Gasteiger partial charge in [-0.1, -0.05) is 12.5 Å². The third-order valence-electron chi connectivity index (χ3n) is 3.97. The topological polar surface area (TPSA) is 6.48 Å². The molecule has 18 heavy (non-hydrogen) atoms. The molecule has 0 radical (unpaired) electrons. The Labute approximate surface area is 109 Å². The van der Waals surface area contributed by atoms with Crippen molar-refractivity contribution in [1.29, 1.82) is 0 Å². The number of hydrogen-bond acceptors (Lipinski definition) is 2. The molecule has 2 rings (SSSR count). The van der Waals surface area contributed by atoms with E-state index in [1.165, 1.54) is 31.9 Å². The van der Waals surface area contributed by atoms with Crippen LogP contribution in [-0.2, 0) is 0 Å². The fraction of sp³-hybridized carbons (Fsp3) is 0.600. The van der Waals surface area contributed by atoms with Crippen LogP contribution in [0.1, 0.15) is 25.7 Å². The second-order valence-electron chi connectivity index (χ2n) is 5.32. The van der Waals surface area contributed by atoms with Crippen molar-refractivity contribution in [2.24, 2.45) is 0 Å². The minimum Gasteiger partial charge on any atom is -0.374 e. The Morgan fingerprint density at radius 1 is 1.39 bits per heavy atom. The highest BCUT2D eigenvalue weighted by molar-refractivity contribution is 5.45. The zero-order chi connectivity index (χ0) is 13.0. The average Bonchev–Trinajstić information content (AvgIpc) is 2.37. The van der Waals surface area contributed by atoms with Gasteiger partial charge in [0.25, 0.3) is 0 Å². The number of likely N-dealkylation sites (tertiary alicyclic amines) is 1. The van der Waals surface area contributed by atoms with Crippen LogP contribution < -0.4 is 4.90 Å². The van der Waals surface area contributed by atoms with Gasteiger partial charge in [-0.2, -0.15) is 0 Å². The molecule has 100 valence electrons. The van der Waals surface area contributed by atoms with Crippen molar-refractivity contribution in [3.63, 3.8) is 0 Å². The van der Waals surface area contributed by atoms with Gasteiger partial charge in [0.05, 0.1) is 0 Å². The highest BCUT2D eigenvalue weighted by Crippen LogP contribution is 2.20. The van der Waals surface area contributed by atoms with Gasteiger partial charge < -0.3 is 9.80 Å². The van der Waals surface area contributed by atoms with Gasteiger partial charge in [0.15, 0.2) is 0 Å². The molecule has 1 fully saturated rings. The quantitative estimate of drug-likeness (QED) is 0.810. The summed E-state index contributed by atoms with van der Waals surface area (Å²) in [7, 11) is 4.25. The van der Waals surface area contributed by atoms with Crippen molar-refractivity contribution in [1.82, 2.24) is 4.90 Å². The molecule has 0 saturated carbocycles. The van der Waals surface area contributed by atoms with Crippen LogP contribution in [0.2, 0.25) is 0 Å². The van der Waals surface area contributed by atoms with E-state index in [9.17, 15) is 4.39 Å². The number of nitrogens with zero attached hydrogens (tertiary/aromatic N) is 2. The Morgan fingerprint density at radius 3 is 2.94 bits per heavy atom. The molecule has 1 aliphatic heterocycles. The van der Waals surface area contributed by atoms with Gasteiger partial charge >= 0.3 is 0 Å². The molecule has 1 atom stereocenters. The Kier molecular flexibility index (Phi) is 4.59. The normalized spacial score (nSPS) is 20.9. The lowest BCUT2D eigenvalue weighted by molar-refractivity contribution is 0.178. The lowest BCUT2D eigenvalue weighted by Crippen LogP contribution is -2.38. The zero-order valence-electron chi connectivity index (χ0n) is 11.4. The standard InChI is InChI=1S/C15H23FN2/c1-17-10-4-3-7-14(17)9-11-18(2)15-8-5-6-13(16)12-15/h5-6,8,12,14H,3-4,7,9-11H2,1-2H3. The number of piperidine rings is 1. The van der Waals surface area contributed by atoms with E-state index in [0.717, 1.165) is 18.7 Å². The van der Waals surface area contributed by atoms with Gasteiger partial charge in [-0.15, -0.1) is 0 Å². The molecule has 0 aromatic heterocycles. The predicted molar refractivity (Wildman–Crippen MR) is 74.6 cm³/mol. The van der Waals surface area contributed by atoms with Gasteiger partial charge in [0.1, 0.15) is 5.82 Å². The van der Waals surface area contributed by atoms with Crippen LogP contribution in [0.5, 0.6) is 0 Å². The Bertz CT molecular complexity index is 381. The maximum Gasteiger partial charge on any atom is 0.125 e. The number of rotatable bonds is 4. The molecule has 1 aromatic rings. The first-order chi connectivity index (χ1) is 8.66. The van der Waals surface area contributed by atoms with Gasteiger partial charge in [-0.25, -0.2) is 4.39 Å². The first kappa shape index (κ1) is 13.3. The fourth-order valence-electron chi connectivity index (χ4n) is 2.69. The molecule has 1 aromatic carbocycles. The van der Waals surface area contributed by atoms with Crippen molar-refractivity contribution in [2.45, 2.75) is 31.7 Å². The largest absolute Gasteiger partial charge is 0.374 e. The summed E-state index contributed by atoms with van der Waals surface area (Å²) < 4.78 is 13.1. The van der Waals surface area contributed by atoms with Gasteiger partial charge in [-0.05, 0) is 51.1 Å². The van der Waals surface area contributed by atoms with E-state index < -0.39 is 0 Å². The molecule has 1 saturated heterocycles. The number of benzene rings is 1. The maximum atomic E-state index is 13.1. The molecule has 3 heteroatoms. The fourth-order valence-corrected chi connectivity index (χ4v) is 2.69. The summed E-state index contributed by atoms with van der Waals surface area (Å²) in [5, 5.41) is 0. The van der Waals surface area contributed by atoms with Gasteiger partial charge in [0.2, 0.25) is 0 Å². The van der Waals surface area contributed by atoms with E-state index in [1.807, 2.05) is 13.1 Å². The predicted octanol–water partition coefficient (Wildman–Crippen LogP) is 3.14. The number of hydrogen-bond donors (Lipinski definition) is 0. The van der Waals surface area contributed by atoms with Crippen molar-refractivity contribution < 1.29 is 4.39 Å². The highest BCUT2D eigenvalue weighted by Gasteiger charge is 2.18. The molecular weight excluding hydrogens is 227 g/mol. The average molecular weight is 250 g/mol. The molecular formula is C15H23FN2. The second-order valence-corrected chi connectivity index (χ2v) is 5.32. The smallest absolute Gasteiger partial charge is 0.125 e. The minimum atomic E-state index is -0.158. The summed E-state index contributed by atoms with van der Waals surface area (Å²) in [4.78, 5) is 4.61. The Balaban J connectivity index is 1.86. The highest BCUT2D eigenvalue weighted by atomic mass is 19.1. The molecule has 2 nitrogen and oxygen atoms in total. The minimum absolute atomic E-state index is 0.158. The Hall–Kier alpha value is -1.09. The van der Waals surface area contributed by atoms with Crippen LogP contribution >= 0.6 is 0 Å². The van der Waals surface area contributed by atoms with E-state index in [1.54, 1.807) is 12.1 Å². The van der Waals surface area contributed by atoms with Crippen molar-refractivity contribution in [3.8, 4) is 0 Å². The van der Waals surface area contributed by atoms with Crippen molar-refractivity contribution >= 4 is 5.69 Å². The number of halogens is 1. The SMILES string of the molecule is CN(CCC1CCCCN1C)c1cccc(F)c1. The van der Waals surface area contributed by atoms with E-state index in [4.69, 9.17) is 0 Å². The Morgan fingerprint density at radius 2 is 2.22 bits per heavy atom. The van der Waals surface area contributed by atoms with Crippen LogP contribution in [0.4, 0.5) is 10.1 Å². The van der Waals surface area contributed by atoms with Crippen LogP contribution in [0.15, 0.2) is 24.3 Å². The molecule has 0 aliphatic carbocycles. The molecule has 1 unspecified atom stereocenters. The summed E-state index contributed by atoms with van der Waals surface area (Å²) in [5.41, 5.74) is 0.966. The third kappa shape index (κ3) is 3.45. The van der Waals surface area contributed by atoms with E-state index in [2.05, 4.69) is 16.8 Å². The third-order valence-corrected chi connectivity index (χ3v) is 3.97. The van der Waals surface area contributed by atoms with Crippen LogP contribution in [-0.4, -0.2) is 38.1 Å². The zero-order valence-corrected chi connectivity index (χ0v) is 11.4. The summed E-state index contributed by atoms with van der Waals surface area (Å²) >= 11 is 0. The summed E-state index contributed by atoms with van der Waals surface area (Å²) in [6, 6.07) is 7.52. The van der Waals surface area contributed by atoms with Gasteiger partial charge in [0, 0.05) is 25.3 Å². The summed E-state index contributed by atoms with van der Waals surface area (Å²) in [6.45, 7) is 2.20. The number of anilines is 1. The molecule has 0 bridgehead atoms. The first-order valence-corrected chi connectivity index (χ1v) is 6.84. The van der Waals surface area contributed by atoms with Crippen molar-refractivity contribution in [2.75, 3.05) is 32.1 Å². The maximum absolute atomic E-state index is 13.1. The van der Waals surface area contributed by atoms with Crippen LogP contribution in [0.25, 0.3) is 0 Å². The summed E-state index contributed by atoms with van der Waals surface area (Å²) in [5.74, 6) is -0.158. The molecule has 0 N–H and O–H groups in total. The molecule has 1 heterocycles. The van der Waals surface area contributed by atoms with Crippen LogP contribution in [0, 0.1) is 5.82 Å². The lowest BCUT2D eigenvalue weighted by Gasteiger charge is -2.33. The van der Waals surface area contributed by atoms with Gasteiger partial charge in [-0.3, -0.25) is 0 Å². The van der Waals surface area contributed by atoms with E-state index in [-0.39, 0.29) is 5.82 Å². The first-order valence-electron chi connectivity index (χ1n) is 6.84. The van der Waals surface area contributed by atoms with E-state index >= 15 is 0 Å². The molecule has 0 spiro atoms. The molecule has 1 aliphatic rings. The van der Waals surface area contributed by atoms with E-state index in [0.29, 0.717) is 6.04 Å².